The van der Waals surface area contributed by atoms with E-state index < -0.39 is 18.5 Å². The largest absolute Gasteiger partial charge is 0.481 e. The van der Waals surface area contributed by atoms with Crippen LogP contribution in [0.1, 0.15) is 22.8 Å². The second-order valence-electron chi connectivity index (χ2n) is 6.51. The summed E-state index contributed by atoms with van der Waals surface area (Å²) in [4.78, 5) is 41.7. The van der Waals surface area contributed by atoms with Gasteiger partial charge in [0.25, 0.3) is 5.91 Å². The van der Waals surface area contributed by atoms with Gasteiger partial charge in [-0.2, -0.15) is 0 Å². The molecule has 0 saturated carbocycles. The number of amides is 1. The summed E-state index contributed by atoms with van der Waals surface area (Å²) in [6, 6.07) is 11.8. The fraction of sp³-hybridized carbons (Fsp3) is 0.182. The van der Waals surface area contributed by atoms with Gasteiger partial charge >= 0.3 is 11.9 Å². The van der Waals surface area contributed by atoms with E-state index in [0.717, 1.165) is 5.56 Å². The van der Waals surface area contributed by atoms with Crippen molar-refractivity contribution in [1.82, 2.24) is 4.90 Å². The Morgan fingerprint density at radius 3 is 2.72 bits per heavy atom. The second-order valence-corrected chi connectivity index (χ2v) is 8.38. The Labute approximate surface area is 197 Å². The van der Waals surface area contributed by atoms with Crippen molar-refractivity contribution in [3.8, 4) is 5.75 Å². The van der Waals surface area contributed by atoms with Crippen molar-refractivity contribution in [2.75, 3.05) is 20.3 Å². The lowest BCUT2D eigenvalue weighted by Gasteiger charge is -2.08. The number of nitrogens with zero attached hydrogens (tertiary/aromatic N) is 2. The fourth-order valence-electron chi connectivity index (χ4n) is 2.69. The number of halogens is 1. The molecule has 2 aromatic carbocycles. The van der Waals surface area contributed by atoms with Crippen LogP contribution in [0.4, 0.5) is 5.69 Å². The highest BCUT2D eigenvalue weighted by Crippen LogP contribution is 2.34. The second kappa shape index (κ2) is 10.5. The third kappa shape index (κ3) is 5.77. The zero-order valence-electron chi connectivity index (χ0n) is 17.2. The van der Waals surface area contributed by atoms with Crippen molar-refractivity contribution in [1.29, 1.82) is 0 Å². The number of benzene rings is 2. The van der Waals surface area contributed by atoms with Crippen molar-refractivity contribution < 1.29 is 29.0 Å². The van der Waals surface area contributed by atoms with E-state index in [1.54, 1.807) is 62.5 Å². The topological polar surface area (TPSA) is 106 Å². The van der Waals surface area contributed by atoms with E-state index in [0.29, 0.717) is 31.5 Å². The van der Waals surface area contributed by atoms with Gasteiger partial charge < -0.3 is 14.6 Å². The third-order valence-electron chi connectivity index (χ3n) is 4.19. The number of thioether (sulfide) groups is 1. The maximum absolute atomic E-state index is 12.7. The Morgan fingerprint density at radius 1 is 1.25 bits per heavy atom. The number of hydrogen-bond donors (Lipinski definition) is 1. The smallest absolute Gasteiger partial charge is 0.341 e. The van der Waals surface area contributed by atoms with Gasteiger partial charge in [0.05, 0.1) is 27.2 Å². The minimum atomic E-state index is -1.07. The molecular formula is C22H19BrN2O6S. The van der Waals surface area contributed by atoms with E-state index in [2.05, 4.69) is 20.9 Å². The van der Waals surface area contributed by atoms with Gasteiger partial charge in [0.1, 0.15) is 5.75 Å². The van der Waals surface area contributed by atoms with Gasteiger partial charge in [0.2, 0.25) is 0 Å². The molecule has 0 aromatic heterocycles. The van der Waals surface area contributed by atoms with Crippen LogP contribution >= 0.6 is 27.7 Å². The number of rotatable bonds is 7. The van der Waals surface area contributed by atoms with E-state index in [-0.39, 0.29) is 12.5 Å². The van der Waals surface area contributed by atoms with Gasteiger partial charge in [-0.25, -0.2) is 14.6 Å². The van der Waals surface area contributed by atoms with E-state index in [4.69, 9.17) is 14.6 Å². The molecule has 10 heteroatoms. The number of likely N-dealkylation sites (N-methyl/N-ethyl adjacent to an activating group) is 1. The molecule has 8 nitrogen and oxygen atoms in total. The van der Waals surface area contributed by atoms with Crippen LogP contribution in [0.2, 0.25) is 0 Å². The van der Waals surface area contributed by atoms with Crippen molar-refractivity contribution >= 4 is 62.5 Å². The van der Waals surface area contributed by atoms with Crippen LogP contribution in [-0.4, -0.2) is 53.3 Å². The zero-order valence-corrected chi connectivity index (χ0v) is 19.6. The number of amidine groups is 1. The number of carboxylic acid groups (broad SMARTS) is 1. The number of hydrogen-bond acceptors (Lipinski definition) is 7. The first-order valence-electron chi connectivity index (χ1n) is 9.46. The standard InChI is InChI=1S/C22H19BrN2O6S/c1-3-30-21(29)14-5-4-6-15(11-14)24-22-25(2)20(28)18(32-22)10-13-7-8-17(16(23)9-13)31-12-19(26)27/h4-11H,3,12H2,1-2H3,(H,26,27). The summed E-state index contributed by atoms with van der Waals surface area (Å²) in [5, 5.41) is 9.21. The molecule has 32 heavy (non-hydrogen) atoms. The molecule has 1 heterocycles. The Balaban J connectivity index is 1.81. The van der Waals surface area contributed by atoms with E-state index in [9.17, 15) is 14.4 Å². The van der Waals surface area contributed by atoms with Gasteiger partial charge in [0, 0.05) is 7.05 Å². The van der Waals surface area contributed by atoms with Gasteiger partial charge in [-0.1, -0.05) is 12.1 Å². The van der Waals surface area contributed by atoms with E-state index in [1.165, 1.54) is 16.7 Å². The van der Waals surface area contributed by atoms with Crippen molar-refractivity contribution in [3.05, 3.63) is 63.0 Å². The molecule has 0 spiro atoms. The van der Waals surface area contributed by atoms with Crippen molar-refractivity contribution in [3.63, 3.8) is 0 Å². The monoisotopic (exact) mass is 518 g/mol. The predicted molar refractivity (Wildman–Crippen MR) is 125 cm³/mol. The number of ether oxygens (including phenoxy) is 2. The first-order valence-corrected chi connectivity index (χ1v) is 11.1. The van der Waals surface area contributed by atoms with E-state index >= 15 is 0 Å². The van der Waals surface area contributed by atoms with Crippen molar-refractivity contribution in [2.24, 2.45) is 4.99 Å². The molecule has 1 saturated heterocycles. The Hall–Kier alpha value is -3.11. The minimum absolute atomic E-state index is 0.211. The fourth-order valence-corrected chi connectivity index (χ4v) is 4.19. The lowest BCUT2D eigenvalue weighted by molar-refractivity contribution is -0.139. The first-order chi connectivity index (χ1) is 15.3. The van der Waals surface area contributed by atoms with Crippen LogP contribution in [0.15, 0.2) is 56.8 Å². The molecule has 1 N–H and O–H groups in total. The predicted octanol–water partition coefficient (Wildman–Crippen LogP) is 4.32. The quantitative estimate of drug-likeness (QED) is 0.429. The lowest BCUT2D eigenvalue weighted by atomic mass is 10.2. The average molecular weight is 519 g/mol. The summed E-state index contributed by atoms with van der Waals surface area (Å²) in [5.74, 6) is -1.32. The molecule has 0 radical (unpaired) electrons. The average Bonchev–Trinajstić information content (AvgIpc) is 3.01. The zero-order chi connectivity index (χ0) is 23.3. The van der Waals surface area contributed by atoms with Crippen LogP contribution in [0, 0.1) is 0 Å². The third-order valence-corrected chi connectivity index (χ3v) is 5.87. The summed E-state index contributed by atoms with van der Waals surface area (Å²) in [5.41, 5.74) is 1.65. The molecular weight excluding hydrogens is 500 g/mol. The summed E-state index contributed by atoms with van der Waals surface area (Å²) >= 11 is 4.56. The first kappa shape index (κ1) is 23.6. The summed E-state index contributed by atoms with van der Waals surface area (Å²) < 4.78 is 10.8. The van der Waals surface area contributed by atoms with Crippen LogP contribution in [-0.2, 0) is 14.3 Å². The maximum Gasteiger partial charge on any atom is 0.341 e. The molecule has 166 valence electrons. The van der Waals surface area contributed by atoms with Crippen LogP contribution < -0.4 is 4.74 Å². The molecule has 1 amide bonds. The van der Waals surface area contributed by atoms with Gasteiger partial charge in [-0.15, -0.1) is 0 Å². The minimum Gasteiger partial charge on any atom is -0.481 e. The molecule has 1 aliphatic heterocycles. The molecule has 1 fully saturated rings. The van der Waals surface area contributed by atoms with E-state index in [1.807, 2.05) is 0 Å². The molecule has 0 atom stereocenters. The Morgan fingerprint density at radius 2 is 2.03 bits per heavy atom. The molecule has 0 unspecified atom stereocenters. The van der Waals surface area contributed by atoms with Gasteiger partial charge in [0.15, 0.2) is 11.8 Å². The highest BCUT2D eigenvalue weighted by atomic mass is 79.9. The SMILES string of the molecule is CCOC(=O)c1cccc(N=C2SC(=Cc3ccc(OCC(=O)O)c(Br)c3)C(=O)N2C)c1. The van der Waals surface area contributed by atoms with Gasteiger partial charge in [-0.3, -0.25) is 9.69 Å². The van der Waals surface area contributed by atoms with Gasteiger partial charge in [-0.05, 0) is 76.6 Å². The summed E-state index contributed by atoms with van der Waals surface area (Å²) in [7, 11) is 1.63. The van der Waals surface area contributed by atoms with Crippen LogP contribution in [0.5, 0.6) is 5.75 Å². The number of carboxylic acids is 1. The maximum atomic E-state index is 12.7. The molecule has 0 aliphatic carbocycles. The Kier molecular flexibility index (Phi) is 7.70. The molecule has 2 aromatic rings. The number of aliphatic carboxylic acids is 1. The van der Waals surface area contributed by atoms with Crippen molar-refractivity contribution in [2.45, 2.75) is 6.92 Å². The Bertz CT molecular complexity index is 1130. The summed E-state index contributed by atoms with van der Waals surface area (Å²) in [6.07, 6.45) is 1.72. The number of carbonyl (C=O) groups is 3. The number of aliphatic imine (C=N–C) groups is 1. The highest BCUT2D eigenvalue weighted by molar-refractivity contribution is 9.10. The summed E-state index contributed by atoms with van der Waals surface area (Å²) in [6.45, 7) is 1.57. The molecule has 3 rings (SSSR count). The molecule has 1 aliphatic rings. The number of esters is 1. The lowest BCUT2D eigenvalue weighted by Crippen LogP contribution is -2.23. The number of carbonyl (C=O) groups excluding carboxylic acids is 2. The molecule has 0 bridgehead atoms. The van der Waals surface area contributed by atoms with Crippen LogP contribution in [0.3, 0.4) is 0 Å². The highest BCUT2D eigenvalue weighted by Gasteiger charge is 2.30. The normalized spacial score (nSPS) is 16.0. The van der Waals surface area contributed by atoms with Crippen LogP contribution in [0.25, 0.3) is 6.08 Å².